The van der Waals surface area contributed by atoms with Crippen LogP contribution < -0.4 is 11.1 Å². The van der Waals surface area contributed by atoms with Gasteiger partial charge in [0, 0.05) is 12.2 Å². The van der Waals surface area contributed by atoms with Gasteiger partial charge >= 0.3 is 0 Å². The normalized spacial score (nSPS) is 20.2. The molecule has 1 aromatic carbocycles. The number of hydrogen-bond donors (Lipinski definition) is 2. The summed E-state index contributed by atoms with van der Waals surface area (Å²) in [7, 11) is 0. The minimum absolute atomic E-state index is 0.249. The van der Waals surface area contributed by atoms with Crippen molar-refractivity contribution in [3.8, 4) is 0 Å². The molecule has 21 heavy (non-hydrogen) atoms. The van der Waals surface area contributed by atoms with Gasteiger partial charge in [0.05, 0.1) is 6.04 Å². The molecule has 0 radical (unpaired) electrons. The lowest BCUT2D eigenvalue weighted by Crippen LogP contribution is -2.39. The number of halogens is 2. The van der Waals surface area contributed by atoms with Gasteiger partial charge in [0.15, 0.2) is 0 Å². The minimum atomic E-state index is -2.08. The van der Waals surface area contributed by atoms with E-state index in [0.29, 0.717) is 12.2 Å². The Labute approximate surface area is 127 Å². The Morgan fingerprint density at radius 2 is 2.29 bits per heavy atom. The number of primary amides is 1. The number of nitrogens with two attached hydrogens (primary N) is 1. The van der Waals surface area contributed by atoms with Crippen LogP contribution in [-0.2, 0) is 16.1 Å². The Kier molecular flexibility index (Phi) is 5.14. The topological polar surface area (TPSA) is 75.4 Å². The minimum Gasteiger partial charge on any atom is -0.368 e. The van der Waals surface area contributed by atoms with Crippen LogP contribution in [0.5, 0.6) is 0 Å². The van der Waals surface area contributed by atoms with Gasteiger partial charge in [0.1, 0.15) is 0 Å². The van der Waals surface area contributed by atoms with Gasteiger partial charge in [-0.15, -0.1) is 0 Å². The molecule has 2 amide bonds. The summed E-state index contributed by atoms with van der Waals surface area (Å²) in [5.41, 5.74) is 4.68. The fourth-order valence-corrected chi connectivity index (χ4v) is 2.57. The number of likely N-dealkylation sites (tertiary alicyclic amines) is 1. The second-order valence-corrected chi connectivity index (χ2v) is 5.40. The zero-order valence-corrected chi connectivity index (χ0v) is 12.1. The van der Waals surface area contributed by atoms with Crippen molar-refractivity contribution >= 4 is 29.1 Å². The molecule has 2 atom stereocenters. The number of carbonyl (C=O) groups is 2. The van der Waals surface area contributed by atoms with E-state index < -0.39 is 11.5 Å². The maximum absolute atomic E-state index is 12.6. The van der Waals surface area contributed by atoms with Crippen molar-refractivity contribution in [3.63, 3.8) is 0 Å². The zero-order valence-electron chi connectivity index (χ0n) is 11.4. The highest BCUT2D eigenvalue weighted by Gasteiger charge is 2.28. The van der Waals surface area contributed by atoms with Crippen molar-refractivity contribution in [2.45, 2.75) is 31.1 Å². The van der Waals surface area contributed by atoms with E-state index in [1.54, 1.807) is 18.2 Å². The first-order valence-corrected chi connectivity index (χ1v) is 7.12. The van der Waals surface area contributed by atoms with E-state index in [1.165, 1.54) is 0 Å². The van der Waals surface area contributed by atoms with Gasteiger partial charge in [0.25, 0.3) is 11.5 Å². The largest absolute Gasteiger partial charge is 0.368 e. The number of amides is 2. The summed E-state index contributed by atoms with van der Waals surface area (Å²) in [6.45, 7) is 1.36. The van der Waals surface area contributed by atoms with Gasteiger partial charge in [-0.2, -0.15) is 0 Å². The van der Waals surface area contributed by atoms with E-state index in [0.717, 1.165) is 24.9 Å². The van der Waals surface area contributed by atoms with Crippen LogP contribution in [0.3, 0.4) is 0 Å². The molecule has 1 aromatic rings. The molecule has 0 spiro atoms. The molecule has 2 rings (SSSR count). The molecule has 2 unspecified atom stereocenters. The first-order chi connectivity index (χ1) is 9.97. The van der Waals surface area contributed by atoms with E-state index in [2.05, 4.69) is 5.32 Å². The average molecular weight is 314 g/mol. The van der Waals surface area contributed by atoms with Gasteiger partial charge in [0.2, 0.25) is 5.91 Å². The molecule has 7 heteroatoms. The predicted octanol–water partition coefficient (Wildman–Crippen LogP) is 1.61. The molecule has 5 nitrogen and oxygen atoms in total. The van der Waals surface area contributed by atoms with Crippen LogP contribution in [0.1, 0.15) is 18.4 Å². The van der Waals surface area contributed by atoms with Gasteiger partial charge < -0.3 is 11.1 Å². The molecule has 1 heterocycles. The molecule has 0 bridgehead atoms. The number of rotatable bonds is 5. The molecular formula is C14H17ClFN3O2. The first-order valence-electron chi connectivity index (χ1n) is 6.68. The maximum atomic E-state index is 12.6. The molecule has 1 aliphatic rings. The number of nitrogens with one attached hydrogen (secondary N) is 1. The second kappa shape index (κ2) is 6.87. The number of hydrogen-bond acceptors (Lipinski definition) is 3. The summed E-state index contributed by atoms with van der Waals surface area (Å²) in [6.07, 6.45) is 1.70. The number of anilines is 1. The quantitative estimate of drug-likeness (QED) is 0.811. The van der Waals surface area contributed by atoms with E-state index >= 15 is 0 Å². The highest BCUT2D eigenvalue weighted by Crippen LogP contribution is 2.21. The van der Waals surface area contributed by atoms with Crippen LogP contribution in [0, 0.1) is 0 Å². The van der Waals surface area contributed by atoms with Crippen molar-refractivity contribution in [2.24, 2.45) is 5.73 Å². The first kappa shape index (κ1) is 15.7. The Morgan fingerprint density at radius 3 is 2.95 bits per heavy atom. The fourth-order valence-electron chi connectivity index (χ4n) is 2.52. The smallest absolute Gasteiger partial charge is 0.274 e. The molecule has 1 saturated heterocycles. The average Bonchev–Trinajstić information content (AvgIpc) is 2.87. The summed E-state index contributed by atoms with van der Waals surface area (Å²) in [5.74, 6) is -1.22. The summed E-state index contributed by atoms with van der Waals surface area (Å²) < 4.78 is 12.6. The Bertz CT molecular complexity index is 539. The van der Waals surface area contributed by atoms with E-state index in [1.807, 2.05) is 11.0 Å². The van der Waals surface area contributed by atoms with Crippen molar-refractivity contribution < 1.29 is 14.0 Å². The van der Waals surface area contributed by atoms with E-state index in [9.17, 15) is 14.0 Å². The van der Waals surface area contributed by atoms with Crippen molar-refractivity contribution in [1.29, 1.82) is 0 Å². The molecule has 1 fully saturated rings. The van der Waals surface area contributed by atoms with Crippen LogP contribution in [-0.4, -0.2) is 34.9 Å². The summed E-state index contributed by atoms with van der Waals surface area (Å²) in [6, 6.07) is 6.76. The molecule has 3 N–H and O–H groups in total. The third kappa shape index (κ3) is 4.15. The summed E-state index contributed by atoms with van der Waals surface area (Å²) in [4.78, 5) is 24.6. The van der Waals surface area contributed by atoms with Gasteiger partial charge in [-0.3, -0.25) is 14.5 Å². The van der Waals surface area contributed by atoms with Crippen LogP contribution in [0.25, 0.3) is 0 Å². The lowest BCUT2D eigenvalue weighted by molar-refractivity contribution is -0.122. The number of alkyl halides is 2. The number of carbonyl (C=O) groups excluding carboxylic acids is 2. The number of benzene rings is 1. The molecule has 114 valence electrons. The molecule has 1 aliphatic heterocycles. The van der Waals surface area contributed by atoms with Crippen molar-refractivity contribution in [2.75, 3.05) is 11.9 Å². The van der Waals surface area contributed by atoms with Gasteiger partial charge in [-0.1, -0.05) is 23.7 Å². The van der Waals surface area contributed by atoms with E-state index in [-0.39, 0.29) is 11.9 Å². The Balaban J connectivity index is 2.04. The lowest BCUT2D eigenvalue weighted by Gasteiger charge is -2.22. The summed E-state index contributed by atoms with van der Waals surface area (Å²) >= 11 is 5.07. The Hall–Kier alpha value is -1.66. The molecule has 0 saturated carbocycles. The monoisotopic (exact) mass is 313 g/mol. The second-order valence-electron chi connectivity index (χ2n) is 5.02. The summed E-state index contributed by atoms with van der Waals surface area (Å²) in [5, 5.41) is 2.38. The van der Waals surface area contributed by atoms with Gasteiger partial charge in [-0.25, -0.2) is 4.39 Å². The lowest BCUT2D eigenvalue weighted by atomic mass is 10.1. The van der Waals surface area contributed by atoms with E-state index in [4.69, 9.17) is 17.3 Å². The molecular weight excluding hydrogens is 297 g/mol. The third-order valence-electron chi connectivity index (χ3n) is 3.47. The number of nitrogens with zero attached hydrogens (tertiary/aromatic N) is 1. The maximum Gasteiger partial charge on any atom is 0.274 e. The molecule has 0 aliphatic carbocycles. The van der Waals surface area contributed by atoms with Crippen LogP contribution >= 0.6 is 11.6 Å². The fraction of sp³-hybridized carbons (Fsp3) is 0.429. The SMILES string of the molecule is NC(=O)C1CCCN1Cc1cccc(NC(=O)C(F)Cl)c1. The molecule has 0 aromatic heterocycles. The van der Waals surface area contributed by atoms with Crippen LogP contribution in [0.15, 0.2) is 24.3 Å². The standard InChI is InChI=1S/C14H17ClFN3O2/c15-12(16)14(21)18-10-4-1-3-9(7-10)8-19-6-2-5-11(19)13(17)20/h1,3-4,7,11-12H,2,5-6,8H2,(H2,17,20)(H,18,21). The van der Waals surface area contributed by atoms with Gasteiger partial charge in [-0.05, 0) is 37.1 Å². The predicted molar refractivity (Wildman–Crippen MR) is 78.4 cm³/mol. The highest BCUT2D eigenvalue weighted by atomic mass is 35.5. The van der Waals surface area contributed by atoms with Crippen molar-refractivity contribution in [3.05, 3.63) is 29.8 Å². The van der Waals surface area contributed by atoms with Crippen molar-refractivity contribution in [1.82, 2.24) is 4.90 Å². The Morgan fingerprint density at radius 1 is 1.52 bits per heavy atom. The van der Waals surface area contributed by atoms with Crippen LogP contribution in [0.2, 0.25) is 0 Å². The van der Waals surface area contributed by atoms with Crippen LogP contribution in [0.4, 0.5) is 10.1 Å². The third-order valence-corrected chi connectivity index (χ3v) is 3.67. The highest BCUT2D eigenvalue weighted by molar-refractivity contribution is 6.31. The zero-order chi connectivity index (χ0) is 15.4.